The summed E-state index contributed by atoms with van der Waals surface area (Å²) in [5, 5.41) is 0. The standard InChI is InChI=1S/C10H15ClO3S/c1-9-4-3-7(5-8(9)12)10(9,2)6-15(11,13)14/h7H,3-6H2,1-2H3. The molecule has 3 atom stereocenters. The number of hydrogen-bond acceptors (Lipinski definition) is 3. The fourth-order valence-electron chi connectivity index (χ4n) is 3.39. The first-order valence-electron chi connectivity index (χ1n) is 5.15. The van der Waals surface area contributed by atoms with E-state index in [9.17, 15) is 13.2 Å². The molecule has 0 radical (unpaired) electrons. The molecular formula is C10H15ClO3S. The number of rotatable bonds is 2. The number of carbonyl (C=O) groups excluding carboxylic acids is 1. The van der Waals surface area contributed by atoms with E-state index in [1.807, 2.05) is 13.8 Å². The summed E-state index contributed by atoms with van der Waals surface area (Å²) in [5.41, 5.74) is -0.926. The van der Waals surface area contributed by atoms with E-state index in [-0.39, 0.29) is 17.5 Å². The molecule has 2 rings (SSSR count). The molecule has 2 bridgehead atoms. The van der Waals surface area contributed by atoms with Crippen molar-refractivity contribution < 1.29 is 13.2 Å². The van der Waals surface area contributed by atoms with E-state index >= 15 is 0 Å². The second-order valence-electron chi connectivity index (χ2n) is 5.30. The van der Waals surface area contributed by atoms with E-state index in [4.69, 9.17) is 10.7 Å². The van der Waals surface area contributed by atoms with Gasteiger partial charge in [0.05, 0.1) is 5.75 Å². The van der Waals surface area contributed by atoms with Crippen LogP contribution in [0.1, 0.15) is 33.1 Å². The Balaban J connectivity index is 2.41. The smallest absolute Gasteiger partial charge is 0.233 e. The summed E-state index contributed by atoms with van der Waals surface area (Å²) in [6, 6.07) is 0. The fourth-order valence-corrected chi connectivity index (χ4v) is 5.34. The van der Waals surface area contributed by atoms with E-state index in [1.165, 1.54) is 0 Å². The van der Waals surface area contributed by atoms with Crippen molar-refractivity contribution in [3.8, 4) is 0 Å². The van der Waals surface area contributed by atoms with Gasteiger partial charge >= 0.3 is 0 Å². The first kappa shape index (κ1) is 11.4. The number of fused-ring (bicyclic) bond motifs is 2. The predicted octanol–water partition coefficient (Wildman–Crippen LogP) is 1.95. The molecule has 0 spiro atoms. The number of hydrogen-bond donors (Lipinski definition) is 0. The average Bonchev–Trinajstić information content (AvgIpc) is 2.35. The summed E-state index contributed by atoms with van der Waals surface area (Å²) in [7, 11) is 1.80. The molecule has 5 heteroatoms. The zero-order valence-corrected chi connectivity index (χ0v) is 10.5. The molecule has 3 nitrogen and oxygen atoms in total. The van der Waals surface area contributed by atoms with Crippen LogP contribution in [0.5, 0.6) is 0 Å². The van der Waals surface area contributed by atoms with Crippen LogP contribution in [0.2, 0.25) is 0 Å². The number of ketones is 1. The molecule has 15 heavy (non-hydrogen) atoms. The fraction of sp³-hybridized carbons (Fsp3) is 0.900. The molecule has 86 valence electrons. The highest BCUT2D eigenvalue weighted by atomic mass is 35.7. The lowest BCUT2D eigenvalue weighted by Gasteiger charge is -2.35. The van der Waals surface area contributed by atoms with Crippen LogP contribution in [0.15, 0.2) is 0 Å². The molecule has 0 aromatic rings. The molecule has 2 saturated carbocycles. The maximum atomic E-state index is 11.8. The second kappa shape index (κ2) is 2.98. The molecule has 0 amide bonds. The van der Waals surface area contributed by atoms with Crippen molar-refractivity contribution in [2.45, 2.75) is 33.1 Å². The van der Waals surface area contributed by atoms with Crippen molar-refractivity contribution in [3.63, 3.8) is 0 Å². The van der Waals surface area contributed by atoms with Crippen LogP contribution < -0.4 is 0 Å². The van der Waals surface area contributed by atoms with E-state index in [0.29, 0.717) is 6.42 Å². The summed E-state index contributed by atoms with van der Waals surface area (Å²) in [4.78, 5) is 11.8. The van der Waals surface area contributed by atoms with Crippen LogP contribution in [0.3, 0.4) is 0 Å². The minimum Gasteiger partial charge on any atom is -0.299 e. The van der Waals surface area contributed by atoms with Crippen LogP contribution in [-0.2, 0) is 13.8 Å². The number of halogens is 1. The van der Waals surface area contributed by atoms with Gasteiger partial charge in [0.1, 0.15) is 5.78 Å². The van der Waals surface area contributed by atoms with Gasteiger partial charge in [-0.15, -0.1) is 0 Å². The third kappa shape index (κ3) is 1.45. The molecule has 2 fully saturated rings. The summed E-state index contributed by atoms with van der Waals surface area (Å²) in [5.74, 6) is 0.333. The zero-order chi connectivity index (χ0) is 11.5. The van der Waals surface area contributed by atoms with Gasteiger partial charge in [-0.25, -0.2) is 8.42 Å². The minimum absolute atomic E-state index is 0.0749. The molecule has 2 aliphatic rings. The lowest BCUT2D eigenvalue weighted by molar-refractivity contribution is -0.128. The Morgan fingerprint density at radius 3 is 2.40 bits per heavy atom. The van der Waals surface area contributed by atoms with Crippen LogP contribution >= 0.6 is 10.7 Å². The third-order valence-corrected chi connectivity index (χ3v) is 5.95. The largest absolute Gasteiger partial charge is 0.299 e. The van der Waals surface area contributed by atoms with E-state index in [2.05, 4.69) is 0 Å². The summed E-state index contributed by atoms with van der Waals surface area (Å²) in [6.07, 6.45) is 2.28. The number of carbonyl (C=O) groups is 1. The van der Waals surface area contributed by atoms with Crippen molar-refractivity contribution in [2.24, 2.45) is 16.7 Å². The number of Topliss-reactive ketones (excluding diaryl/α,β-unsaturated/α-hetero) is 1. The van der Waals surface area contributed by atoms with Gasteiger partial charge in [0.25, 0.3) is 0 Å². The van der Waals surface area contributed by atoms with Gasteiger partial charge in [-0.05, 0) is 24.2 Å². The monoisotopic (exact) mass is 250 g/mol. The Labute approximate surface area is 94.6 Å². The van der Waals surface area contributed by atoms with Crippen LogP contribution in [-0.4, -0.2) is 20.0 Å². The van der Waals surface area contributed by atoms with Gasteiger partial charge in [-0.1, -0.05) is 13.8 Å². The summed E-state index contributed by atoms with van der Waals surface area (Å²) >= 11 is 0. The van der Waals surface area contributed by atoms with Gasteiger partial charge < -0.3 is 0 Å². The summed E-state index contributed by atoms with van der Waals surface area (Å²) in [6.45, 7) is 3.79. The highest BCUT2D eigenvalue weighted by molar-refractivity contribution is 8.13. The van der Waals surface area contributed by atoms with E-state index in [1.54, 1.807) is 0 Å². The van der Waals surface area contributed by atoms with Crippen molar-refractivity contribution in [1.82, 2.24) is 0 Å². The van der Waals surface area contributed by atoms with Crippen LogP contribution in [0, 0.1) is 16.7 Å². The second-order valence-corrected chi connectivity index (χ2v) is 8.07. The molecule has 3 unspecified atom stereocenters. The van der Waals surface area contributed by atoms with Crippen LogP contribution in [0.4, 0.5) is 0 Å². The van der Waals surface area contributed by atoms with E-state index in [0.717, 1.165) is 12.8 Å². The Morgan fingerprint density at radius 1 is 1.47 bits per heavy atom. The SMILES string of the molecule is CC12CCC(CC1=O)C2(C)CS(=O)(=O)Cl. The average molecular weight is 251 g/mol. The van der Waals surface area contributed by atoms with Crippen molar-refractivity contribution >= 4 is 25.5 Å². The molecule has 0 heterocycles. The highest BCUT2D eigenvalue weighted by Crippen LogP contribution is 2.64. The van der Waals surface area contributed by atoms with Gasteiger partial charge in [0, 0.05) is 22.5 Å². The van der Waals surface area contributed by atoms with Crippen molar-refractivity contribution in [1.29, 1.82) is 0 Å². The molecule has 0 aromatic heterocycles. The molecule has 0 N–H and O–H groups in total. The first-order chi connectivity index (χ1) is 6.69. The lowest BCUT2D eigenvalue weighted by atomic mass is 9.70. The Hall–Kier alpha value is -0.0900. The van der Waals surface area contributed by atoms with E-state index < -0.39 is 19.9 Å². The van der Waals surface area contributed by atoms with Crippen molar-refractivity contribution in [3.05, 3.63) is 0 Å². The topological polar surface area (TPSA) is 51.2 Å². The zero-order valence-electron chi connectivity index (χ0n) is 8.92. The molecule has 0 saturated heterocycles. The summed E-state index contributed by atoms with van der Waals surface area (Å²) < 4.78 is 22.4. The molecule has 2 aliphatic carbocycles. The minimum atomic E-state index is -3.53. The lowest BCUT2D eigenvalue weighted by Crippen LogP contribution is -2.39. The molecule has 0 aliphatic heterocycles. The third-order valence-electron chi connectivity index (χ3n) is 4.67. The Kier molecular flexibility index (Phi) is 2.26. The molecule has 0 aromatic carbocycles. The molecular weight excluding hydrogens is 236 g/mol. The van der Waals surface area contributed by atoms with Gasteiger partial charge in [0.2, 0.25) is 9.05 Å². The maximum Gasteiger partial charge on any atom is 0.233 e. The van der Waals surface area contributed by atoms with Crippen LogP contribution in [0.25, 0.3) is 0 Å². The normalized spacial score (nSPS) is 45.0. The first-order valence-corrected chi connectivity index (χ1v) is 7.62. The Bertz CT molecular complexity index is 416. The van der Waals surface area contributed by atoms with Gasteiger partial charge in [-0.2, -0.15) is 0 Å². The maximum absolute atomic E-state index is 11.8. The quantitative estimate of drug-likeness (QED) is 0.704. The van der Waals surface area contributed by atoms with Gasteiger partial charge in [0.15, 0.2) is 0 Å². The van der Waals surface area contributed by atoms with Crippen molar-refractivity contribution in [2.75, 3.05) is 5.75 Å². The van der Waals surface area contributed by atoms with Gasteiger partial charge in [-0.3, -0.25) is 4.79 Å². The Morgan fingerprint density at radius 2 is 2.07 bits per heavy atom. The highest BCUT2D eigenvalue weighted by Gasteiger charge is 2.64. The predicted molar refractivity (Wildman–Crippen MR) is 58.2 cm³/mol.